The van der Waals surface area contributed by atoms with E-state index in [1.54, 1.807) is 11.8 Å². The first-order valence-electron chi connectivity index (χ1n) is 6.45. The predicted octanol–water partition coefficient (Wildman–Crippen LogP) is 4.26. The molecule has 0 atom stereocenters. The van der Waals surface area contributed by atoms with E-state index in [0.29, 0.717) is 16.0 Å². The van der Waals surface area contributed by atoms with Gasteiger partial charge in [0.15, 0.2) is 0 Å². The van der Waals surface area contributed by atoms with Crippen LogP contribution in [0.3, 0.4) is 0 Å². The summed E-state index contributed by atoms with van der Waals surface area (Å²) in [6, 6.07) is 8.30. The van der Waals surface area contributed by atoms with Crippen molar-refractivity contribution in [1.82, 2.24) is 9.97 Å². The van der Waals surface area contributed by atoms with Crippen LogP contribution in [-0.2, 0) is 5.75 Å². The van der Waals surface area contributed by atoms with Crippen LogP contribution in [0.25, 0.3) is 0 Å². The van der Waals surface area contributed by atoms with Crippen molar-refractivity contribution in [2.45, 2.75) is 37.3 Å². The maximum atomic E-state index is 11.9. The number of rotatable bonds is 4. The van der Waals surface area contributed by atoms with Crippen molar-refractivity contribution in [2.24, 2.45) is 0 Å². The van der Waals surface area contributed by atoms with E-state index in [2.05, 4.69) is 51.0 Å². The molecule has 0 unspecified atom stereocenters. The Balaban J connectivity index is 2.20. The van der Waals surface area contributed by atoms with E-state index < -0.39 is 0 Å². The van der Waals surface area contributed by atoms with Gasteiger partial charge in [0.2, 0.25) is 0 Å². The van der Waals surface area contributed by atoms with Crippen molar-refractivity contribution < 1.29 is 0 Å². The molecule has 0 amide bonds. The van der Waals surface area contributed by atoms with Crippen molar-refractivity contribution in [2.75, 3.05) is 0 Å². The molecule has 0 bridgehead atoms. The van der Waals surface area contributed by atoms with E-state index in [-0.39, 0.29) is 11.5 Å². The first kappa shape index (κ1) is 15.3. The molecule has 0 fully saturated rings. The van der Waals surface area contributed by atoms with Gasteiger partial charge in [0.1, 0.15) is 10.3 Å². The summed E-state index contributed by atoms with van der Waals surface area (Å²) in [4.78, 5) is 20.4. The number of benzene rings is 1. The number of aryl methyl sites for hydroxylation is 1. The lowest BCUT2D eigenvalue weighted by molar-refractivity contribution is 0.784. The molecule has 0 aliphatic heterocycles. The molecule has 0 saturated heterocycles. The van der Waals surface area contributed by atoms with Crippen molar-refractivity contribution in [1.29, 1.82) is 0 Å². The predicted molar refractivity (Wildman–Crippen MR) is 87.4 cm³/mol. The molecule has 1 N–H and O–H groups in total. The number of hydrogen-bond donors (Lipinski definition) is 1. The Morgan fingerprint density at radius 1 is 1.40 bits per heavy atom. The van der Waals surface area contributed by atoms with E-state index in [4.69, 9.17) is 0 Å². The Morgan fingerprint density at radius 2 is 2.15 bits per heavy atom. The molecule has 0 aliphatic rings. The molecule has 3 nitrogen and oxygen atoms in total. The summed E-state index contributed by atoms with van der Waals surface area (Å²) in [6.45, 7) is 6.13. The Hall–Kier alpha value is -1.07. The third kappa shape index (κ3) is 3.73. The summed E-state index contributed by atoms with van der Waals surface area (Å²) in [7, 11) is 0. The van der Waals surface area contributed by atoms with Crippen LogP contribution in [0.15, 0.2) is 38.4 Å². The zero-order valence-electron chi connectivity index (χ0n) is 11.7. The summed E-state index contributed by atoms with van der Waals surface area (Å²) in [5.74, 6) is 1.59. The van der Waals surface area contributed by atoms with Gasteiger partial charge < -0.3 is 4.98 Å². The molecular formula is C15H17BrN2OS. The van der Waals surface area contributed by atoms with E-state index in [0.717, 1.165) is 5.69 Å². The maximum Gasteiger partial charge on any atom is 0.265 e. The van der Waals surface area contributed by atoms with Crippen LogP contribution in [-0.4, -0.2) is 9.97 Å². The zero-order valence-corrected chi connectivity index (χ0v) is 14.1. The van der Waals surface area contributed by atoms with Gasteiger partial charge in [0, 0.05) is 4.90 Å². The lowest BCUT2D eigenvalue weighted by Crippen LogP contribution is -2.16. The molecule has 0 spiro atoms. The molecule has 0 saturated carbocycles. The minimum Gasteiger partial charge on any atom is -0.309 e. The minimum atomic E-state index is -0.108. The Kier molecular flexibility index (Phi) is 5.05. The van der Waals surface area contributed by atoms with E-state index >= 15 is 0 Å². The highest BCUT2D eigenvalue weighted by molar-refractivity contribution is 9.10. The number of thioether (sulfide) groups is 1. The van der Waals surface area contributed by atoms with Gasteiger partial charge in [0.05, 0.1) is 11.4 Å². The second-order valence-electron chi connectivity index (χ2n) is 4.97. The highest BCUT2D eigenvalue weighted by Gasteiger charge is 2.12. The van der Waals surface area contributed by atoms with E-state index in [9.17, 15) is 4.79 Å². The van der Waals surface area contributed by atoms with Gasteiger partial charge in [-0.3, -0.25) is 4.79 Å². The van der Waals surface area contributed by atoms with Crippen molar-refractivity contribution in [3.05, 3.63) is 56.2 Å². The summed E-state index contributed by atoms with van der Waals surface area (Å²) in [5, 5.41) is 0. The van der Waals surface area contributed by atoms with Crippen LogP contribution < -0.4 is 5.56 Å². The summed E-state index contributed by atoms with van der Waals surface area (Å²) < 4.78 is 0.539. The van der Waals surface area contributed by atoms with Gasteiger partial charge in [-0.2, -0.15) is 0 Å². The summed E-state index contributed by atoms with van der Waals surface area (Å²) in [5.41, 5.74) is 1.94. The summed E-state index contributed by atoms with van der Waals surface area (Å²) >= 11 is 4.98. The number of halogens is 1. The maximum absolute atomic E-state index is 11.9. The third-order valence-electron chi connectivity index (χ3n) is 2.85. The monoisotopic (exact) mass is 352 g/mol. The van der Waals surface area contributed by atoms with Gasteiger partial charge in [-0.05, 0) is 40.9 Å². The van der Waals surface area contributed by atoms with Crippen LogP contribution in [0.1, 0.15) is 36.8 Å². The number of nitrogens with zero attached hydrogens (tertiary/aromatic N) is 1. The van der Waals surface area contributed by atoms with Crippen LogP contribution in [0.4, 0.5) is 0 Å². The minimum absolute atomic E-state index is 0.108. The molecule has 2 aromatic rings. The number of H-pyrrole nitrogens is 1. The normalized spacial score (nSPS) is 11.1. The quantitative estimate of drug-likeness (QED) is 0.836. The average Bonchev–Trinajstić information content (AvgIpc) is 2.39. The van der Waals surface area contributed by atoms with Gasteiger partial charge >= 0.3 is 0 Å². The largest absolute Gasteiger partial charge is 0.309 e. The third-order valence-corrected chi connectivity index (χ3v) is 4.62. The fraction of sp³-hybridized carbons (Fsp3) is 0.333. The van der Waals surface area contributed by atoms with Crippen molar-refractivity contribution in [3.63, 3.8) is 0 Å². The Bertz CT molecular complexity index is 667. The molecular weight excluding hydrogens is 336 g/mol. The van der Waals surface area contributed by atoms with Crippen LogP contribution in [0.2, 0.25) is 0 Å². The van der Waals surface area contributed by atoms with E-state index in [1.165, 1.54) is 10.5 Å². The van der Waals surface area contributed by atoms with Crippen molar-refractivity contribution in [3.8, 4) is 0 Å². The van der Waals surface area contributed by atoms with Crippen LogP contribution >= 0.6 is 27.7 Å². The SMILES string of the molecule is Cc1cccc(SCc2nc(C(C)C)c(Br)c(=O)[nH]2)c1. The second-order valence-corrected chi connectivity index (χ2v) is 6.81. The molecule has 1 aromatic carbocycles. The molecule has 5 heteroatoms. The van der Waals surface area contributed by atoms with Crippen LogP contribution in [0, 0.1) is 6.92 Å². The lowest BCUT2D eigenvalue weighted by Gasteiger charge is -2.09. The van der Waals surface area contributed by atoms with Gasteiger partial charge in [0.25, 0.3) is 5.56 Å². The molecule has 2 rings (SSSR count). The topological polar surface area (TPSA) is 45.8 Å². The first-order chi connectivity index (χ1) is 9.47. The number of nitrogens with one attached hydrogen (secondary N) is 1. The molecule has 106 valence electrons. The smallest absolute Gasteiger partial charge is 0.265 e. The van der Waals surface area contributed by atoms with Gasteiger partial charge in [-0.1, -0.05) is 31.5 Å². The lowest BCUT2D eigenvalue weighted by atomic mass is 10.1. The second kappa shape index (κ2) is 6.59. The molecule has 1 aromatic heterocycles. The van der Waals surface area contributed by atoms with Crippen molar-refractivity contribution >= 4 is 27.7 Å². The zero-order chi connectivity index (χ0) is 14.7. The molecule has 0 aliphatic carbocycles. The van der Waals surface area contributed by atoms with E-state index in [1.807, 2.05) is 19.9 Å². The number of aromatic nitrogens is 2. The van der Waals surface area contributed by atoms with Crippen LogP contribution in [0.5, 0.6) is 0 Å². The average molecular weight is 353 g/mol. The highest BCUT2D eigenvalue weighted by atomic mass is 79.9. The molecule has 1 heterocycles. The fourth-order valence-electron chi connectivity index (χ4n) is 1.83. The molecule has 0 radical (unpaired) electrons. The fourth-order valence-corrected chi connectivity index (χ4v) is 3.36. The molecule has 20 heavy (non-hydrogen) atoms. The Labute approximate surface area is 131 Å². The Morgan fingerprint density at radius 3 is 2.80 bits per heavy atom. The standard InChI is InChI=1S/C15H17BrN2OS/c1-9(2)14-13(16)15(19)18-12(17-14)8-20-11-6-4-5-10(3)7-11/h4-7,9H,8H2,1-3H3,(H,17,18,19). The van der Waals surface area contributed by atoms with Gasteiger partial charge in [-0.25, -0.2) is 4.98 Å². The van der Waals surface area contributed by atoms with Gasteiger partial charge in [-0.15, -0.1) is 11.8 Å². The first-order valence-corrected chi connectivity index (χ1v) is 8.23. The highest BCUT2D eigenvalue weighted by Crippen LogP contribution is 2.24. The summed E-state index contributed by atoms with van der Waals surface area (Å²) in [6.07, 6.45) is 0. The number of aromatic amines is 1. The number of hydrogen-bond acceptors (Lipinski definition) is 3.